The Kier molecular flexibility index (Phi) is 5.47. The summed E-state index contributed by atoms with van der Waals surface area (Å²) in [4.78, 5) is 16.1. The first-order chi connectivity index (χ1) is 12.4. The minimum atomic E-state index is -3.88. The van der Waals surface area contributed by atoms with Gasteiger partial charge in [-0.2, -0.15) is 11.3 Å². The van der Waals surface area contributed by atoms with Crippen molar-refractivity contribution in [3.63, 3.8) is 0 Å². The first-order valence-corrected chi connectivity index (χ1v) is 10.2. The number of rotatable bonds is 5. The maximum Gasteiger partial charge on any atom is 0.258 e. The molecule has 0 aliphatic heterocycles. The highest BCUT2D eigenvalue weighted by Crippen LogP contribution is 2.30. The van der Waals surface area contributed by atoms with Crippen molar-refractivity contribution in [1.29, 1.82) is 0 Å². The molecule has 0 aliphatic carbocycles. The highest BCUT2D eigenvalue weighted by molar-refractivity contribution is 7.94. The molecule has 0 unspecified atom stereocenters. The van der Waals surface area contributed by atoms with Gasteiger partial charge in [0.15, 0.2) is 0 Å². The monoisotopic (exact) mass is 426 g/mol. The van der Waals surface area contributed by atoms with Crippen molar-refractivity contribution in [1.82, 2.24) is 4.98 Å². The molecule has 0 radical (unpaired) electrons. The number of carbonyl (C=O) groups is 1. The van der Waals surface area contributed by atoms with Gasteiger partial charge in [0.2, 0.25) is 10.0 Å². The molecule has 0 fully saturated rings. The van der Waals surface area contributed by atoms with E-state index in [0.717, 1.165) is 11.3 Å². The zero-order valence-electron chi connectivity index (χ0n) is 12.9. The van der Waals surface area contributed by atoms with Crippen molar-refractivity contribution >= 4 is 61.3 Å². The van der Waals surface area contributed by atoms with Crippen LogP contribution in [0.2, 0.25) is 10.0 Å². The van der Waals surface area contributed by atoms with E-state index in [1.807, 2.05) is 0 Å². The van der Waals surface area contributed by atoms with Crippen molar-refractivity contribution in [2.24, 2.45) is 0 Å². The standard InChI is InChI=1S/C16H11Cl2N3O3S2/c17-12-2-1-3-13(18)14(12)15(22)20-10-4-6-11(7-5-10)26(23,24)21-16-19-8-9-25-16/h1-9H,(H2,19,20,21,22)/p-1. The van der Waals surface area contributed by atoms with E-state index in [1.54, 1.807) is 23.6 Å². The van der Waals surface area contributed by atoms with Gasteiger partial charge < -0.3 is 15.0 Å². The first-order valence-electron chi connectivity index (χ1n) is 7.10. The van der Waals surface area contributed by atoms with Crippen LogP contribution in [-0.2, 0) is 10.0 Å². The molecule has 0 saturated carbocycles. The lowest BCUT2D eigenvalue weighted by molar-refractivity contribution is 0.102. The van der Waals surface area contributed by atoms with Crippen molar-refractivity contribution in [2.75, 3.05) is 5.32 Å². The minimum Gasteiger partial charge on any atom is -0.433 e. The van der Waals surface area contributed by atoms with Gasteiger partial charge >= 0.3 is 0 Å². The van der Waals surface area contributed by atoms with Crippen LogP contribution in [0.4, 0.5) is 10.8 Å². The van der Waals surface area contributed by atoms with E-state index >= 15 is 0 Å². The summed E-state index contributed by atoms with van der Waals surface area (Å²) in [5.74, 6) is -0.497. The number of carbonyl (C=O) groups excluding carboxylic acids is 1. The molecule has 10 heteroatoms. The number of nitrogens with one attached hydrogen (secondary N) is 1. The largest absolute Gasteiger partial charge is 0.433 e. The van der Waals surface area contributed by atoms with E-state index in [9.17, 15) is 13.2 Å². The number of halogens is 2. The molecule has 0 atom stereocenters. The predicted octanol–water partition coefficient (Wildman–Crippen LogP) is 5.10. The smallest absolute Gasteiger partial charge is 0.258 e. The molecule has 1 aromatic heterocycles. The summed E-state index contributed by atoms with van der Waals surface area (Å²) in [7, 11) is -3.88. The first kappa shape index (κ1) is 18.7. The molecular formula is C16H10Cl2N3O3S2-. The van der Waals surface area contributed by atoms with E-state index < -0.39 is 15.9 Å². The molecule has 26 heavy (non-hydrogen) atoms. The van der Waals surface area contributed by atoms with E-state index in [-0.39, 0.29) is 25.6 Å². The Hall–Kier alpha value is -2.13. The topological polar surface area (TPSA) is 90.2 Å². The molecule has 134 valence electrons. The Morgan fingerprint density at radius 2 is 1.73 bits per heavy atom. The second-order valence-electron chi connectivity index (χ2n) is 4.96. The van der Waals surface area contributed by atoms with Crippen LogP contribution >= 0.6 is 34.5 Å². The van der Waals surface area contributed by atoms with Crippen molar-refractivity contribution in [2.45, 2.75) is 4.90 Å². The summed E-state index contributed by atoms with van der Waals surface area (Å²) in [6, 6.07) is 10.3. The van der Waals surface area contributed by atoms with Gasteiger partial charge in [-0.25, -0.2) is 8.42 Å². The number of aromatic nitrogens is 1. The Morgan fingerprint density at radius 3 is 2.31 bits per heavy atom. The fourth-order valence-corrected chi connectivity index (χ4v) is 4.27. The maximum atomic E-state index is 12.3. The van der Waals surface area contributed by atoms with Gasteiger partial charge in [-0.05, 0) is 41.8 Å². The number of sulfonamides is 1. The molecule has 3 rings (SSSR count). The summed E-state index contributed by atoms with van der Waals surface area (Å²) >= 11 is 13.1. The van der Waals surface area contributed by atoms with Crippen LogP contribution in [0.5, 0.6) is 0 Å². The van der Waals surface area contributed by atoms with Gasteiger partial charge in [-0.3, -0.25) is 4.79 Å². The van der Waals surface area contributed by atoms with E-state index in [0.29, 0.717) is 5.69 Å². The summed E-state index contributed by atoms with van der Waals surface area (Å²) < 4.78 is 28.1. The quantitative estimate of drug-likeness (QED) is 0.614. The third-order valence-electron chi connectivity index (χ3n) is 3.22. The van der Waals surface area contributed by atoms with Gasteiger partial charge in [-0.15, -0.1) is 0 Å². The van der Waals surface area contributed by atoms with Crippen LogP contribution in [0.3, 0.4) is 0 Å². The van der Waals surface area contributed by atoms with Gasteiger partial charge in [0.05, 0.1) is 20.5 Å². The van der Waals surface area contributed by atoms with Crippen molar-refractivity contribution < 1.29 is 13.2 Å². The second-order valence-corrected chi connectivity index (χ2v) is 8.25. The highest BCUT2D eigenvalue weighted by Gasteiger charge is 2.15. The fourth-order valence-electron chi connectivity index (χ4n) is 2.04. The fraction of sp³-hybridized carbons (Fsp3) is 0. The molecule has 1 N–H and O–H groups in total. The summed E-state index contributed by atoms with van der Waals surface area (Å²) in [6.45, 7) is 0. The summed E-state index contributed by atoms with van der Waals surface area (Å²) in [6.07, 6.45) is 1.47. The summed E-state index contributed by atoms with van der Waals surface area (Å²) in [5, 5.41) is 4.84. The van der Waals surface area contributed by atoms with Gasteiger partial charge in [-0.1, -0.05) is 35.5 Å². The van der Waals surface area contributed by atoms with Crippen molar-refractivity contribution in [3.05, 3.63) is 74.4 Å². The Labute approximate surface area is 163 Å². The number of nitrogens with zero attached hydrogens (tertiary/aromatic N) is 2. The van der Waals surface area contributed by atoms with Crippen LogP contribution in [-0.4, -0.2) is 19.3 Å². The maximum absolute atomic E-state index is 12.3. The molecule has 6 nitrogen and oxygen atoms in total. The van der Waals surface area contributed by atoms with E-state index in [1.165, 1.54) is 30.5 Å². The lowest BCUT2D eigenvalue weighted by Crippen LogP contribution is -2.13. The molecule has 0 aliphatic rings. The Morgan fingerprint density at radius 1 is 1.08 bits per heavy atom. The molecule has 0 spiro atoms. The number of anilines is 1. The Balaban J connectivity index is 1.76. The number of hydrogen-bond donors (Lipinski definition) is 1. The average Bonchev–Trinajstić information content (AvgIpc) is 3.07. The van der Waals surface area contributed by atoms with Crippen molar-refractivity contribution in [3.8, 4) is 0 Å². The predicted molar refractivity (Wildman–Crippen MR) is 103 cm³/mol. The van der Waals surface area contributed by atoms with Gasteiger partial charge in [0, 0.05) is 10.8 Å². The van der Waals surface area contributed by atoms with Crippen LogP contribution in [0.1, 0.15) is 10.4 Å². The molecule has 1 heterocycles. The zero-order valence-corrected chi connectivity index (χ0v) is 16.0. The van der Waals surface area contributed by atoms with Crippen LogP contribution < -0.4 is 5.32 Å². The highest BCUT2D eigenvalue weighted by atomic mass is 35.5. The van der Waals surface area contributed by atoms with Gasteiger partial charge in [0.25, 0.3) is 5.91 Å². The van der Waals surface area contributed by atoms with Crippen LogP contribution in [0.15, 0.2) is 58.9 Å². The Bertz CT molecular complexity index is 1020. The number of amides is 1. The lowest BCUT2D eigenvalue weighted by Gasteiger charge is -2.13. The summed E-state index contributed by atoms with van der Waals surface area (Å²) in [5.41, 5.74) is 0.533. The van der Waals surface area contributed by atoms with Gasteiger partial charge in [0.1, 0.15) is 0 Å². The lowest BCUT2D eigenvalue weighted by atomic mass is 10.2. The zero-order chi connectivity index (χ0) is 18.7. The normalized spacial score (nSPS) is 11.2. The third kappa shape index (κ3) is 4.16. The van der Waals surface area contributed by atoms with E-state index in [4.69, 9.17) is 23.2 Å². The molecular weight excluding hydrogens is 417 g/mol. The molecule has 1 amide bonds. The van der Waals surface area contributed by atoms with Crippen LogP contribution in [0.25, 0.3) is 4.72 Å². The van der Waals surface area contributed by atoms with E-state index in [2.05, 4.69) is 15.0 Å². The minimum absolute atomic E-state index is 0.0125. The molecule has 2 aromatic carbocycles. The molecule has 0 bridgehead atoms. The second kappa shape index (κ2) is 7.63. The average molecular weight is 427 g/mol. The molecule has 0 saturated heterocycles. The number of thiazole rings is 1. The SMILES string of the molecule is O=C(Nc1ccc(S(=O)(=O)[N-]c2nccs2)cc1)c1c(Cl)cccc1Cl. The van der Waals surface area contributed by atoms with Crippen LogP contribution in [0, 0.1) is 0 Å². The number of benzene rings is 2. The third-order valence-corrected chi connectivity index (χ3v) is 5.91. The number of hydrogen-bond acceptors (Lipinski definition) is 5. The molecule has 3 aromatic rings.